The molecule has 0 saturated carbocycles. The predicted octanol–water partition coefficient (Wildman–Crippen LogP) is 3.41. The minimum absolute atomic E-state index is 0.144. The SMILES string of the molecule is OC(CCC(F)(F)F)C1Cc2ccccc2S1. The minimum Gasteiger partial charge on any atom is -0.392 e. The molecule has 5 heteroatoms. The molecule has 1 aliphatic heterocycles. The molecule has 17 heavy (non-hydrogen) atoms. The second-order valence-electron chi connectivity index (χ2n) is 4.19. The molecule has 0 radical (unpaired) electrons. The number of hydrogen-bond acceptors (Lipinski definition) is 2. The third-order valence-corrected chi connectivity index (χ3v) is 4.26. The van der Waals surface area contributed by atoms with Crippen molar-refractivity contribution >= 4 is 11.8 Å². The lowest BCUT2D eigenvalue weighted by atomic mass is 10.0. The van der Waals surface area contributed by atoms with Crippen molar-refractivity contribution in [2.45, 2.75) is 41.7 Å². The molecular weight excluding hydrogens is 249 g/mol. The van der Waals surface area contributed by atoms with Gasteiger partial charge in [-0.05, 0) is 24.5 Å². The highest BCUT2D eigenvalue weighted by Crippen LogP contribution is 2.39. The smallest absolute Gasteiger partial charge is 0.389 e. The maximum absolute atomic E-state index is 12.0. The van der Waals surface area contributed by atoms with Gasteiger partial charge in [0.1, 0.15) is 0 Å². The fourth-order valence-corrected chi connectivity index (χ4v) is 3.26. The van der Waals surface area contributed by atoms with Gasteiger partial charge in [0.15, 0.2) is 0 Å². The molecule has 2 rings (SSSR count). The van der Waals surface area contributed by atoms with Gasteiger partial charge in [0, 0.05) is 16.6 Å². The summed E-state index contributed by atoms with van der Waals surface area (Å²) in [4.78, 5) is 1.07. The van der Waals surface area contributed by atoms with Crippen molar-refractivity contribution in [1.82, 2.24) is 0 Å². The molecule has 1 heterocycles. The average Bonchev–Trinajstić information content (AvgIpc) is 2.68. The summed E-state index contributed by atoms with van der Waals surface area (Å²) in [7, 11) is 0. The first kappa shape index (κ1) is 12.8. The van der Waals surface area contributed by atoms with Crippen LogP contribution in [0, 0.1) is 0 Å². The van der Waals surface area contributed by atoms with E-state index in [9.17, 15) is 18.3 Å². The summed E-state index contributed by atoms with van der Waals surface area (Å²) in [6.45, 7) is 0. The fraction of sp³-hybridized carbons (Fsp3) is 0.500. The number of fused-ring (bicyclic) bond motifs is 1. The molecular formula is C12H13F3OS. The van der Waals surface area contributed by atoms with Crippen LogP contribution in [0.3, 0.4) is 0 Å². The van der Waals surface area contributed by atoms with Crippen molar-refractivity contribution in [1.29, 1.82) is 0 Å². The van der Waals surface area contributed by atoms with E-state index in [1.54, 1.807) is 0 Å². The number of aliphatic hydroxyl groups excluding tert-OH is 1. The molecule has 94 valence electrons. The highest BCUT2D eigenvalue weighted by molar-refractivity contribution is 8.00. The van der Waals surface area contributed by atoms with E-state index >= 15 is 0 Å². The Morgan fingerprint density at radius 1 is 1.35 bits per heavy atom. The zero-order valence-corrected chi connectivity index (χ0v) is 9.89. The fourth-order valence-electron chi connectivity index (χ4n) is 1.92. The van der Waals surface area contributed by atoms with Crippen LogP contribution in [0.15, 0.2) is 29.2 Å². The maximum Gasteiger partial charge on any atom is 0.389 e. The Labute approximate surface area is 102 Å². The van der Waals surface area contributed by atoms with E-state index in [1.165, 1.54) is 11.8 Å². The van der Waals surface area contributed by atoms with E-state index < -0.39 is 18.7 Å². The Kier molecular flexibility index (Phi) is 3.68. The van der Waals surface area contributed by atoms with Crippen LogP contribution >= 0.6 is 11.8 Å². The monoisotopic (exact) mass is 262 g/mol. The number of benzene rings is 1. The second-order valence-corrected chi connectivity index (χ2v) is 5.47. The number of hydrogen-bond donors (Lipinski definition) is 1. The largest absolute Gasteiger partial charge is 0.392 e. The van der Waals surface area contributed by atoms with Gasteiger partial charge in [0.05, 0.1) is 6.10 Å². The molecule has 0 amide bonds. The van der Waals surface area contributed by atoms with Gasteiger partial charge in [-0.1, -0.05) is 18.2 Å². The first-order valence-electron chi connectivity index (χ1n) is 5.45. The van der Waals surface area contributed by atoms with Gasteiger partial charge in [0.25, 0.3) is 0 Å². The molecule has 0 fully saturated rings. The van der Waals surface area contributed by atoms with Gasteiger partial charge in [0.2, 0.25) is 0 Å². The van der Waals surface area contributed by atoms with Gasteiger partial charge >= 0.3 is 6.18 Å². The molecule has 0 saturated heterocycles. The van der Waals surface area contributed by atoms with E-state index in [0.717, 1.165) is 10.5 Å². The lowest BCUT2D eigenvalue weighted by Gasteiger charge is -2.17. The molecule has 1 aromatic carbocycles. The Hall–Kier alpha value is -0.680. The molecule has 1 aromatic rings. The van der Waals surface area contributed by atoms with Crippen LogP contribution in [0.4, 0.5) is 13.2 Å². The third kappa shape index (κ3) is 3.39. The first-order chi connectivity index (χ1) is 7.96. The lowest BCUT2D eigenvalue weighted by Crippen LogP contribution is -2.24. The highest BCUT2D eigenvalue weighted by atomic mass is 32.2. The zero-order valence-electron chi connectivity index (χ0n) is 9.07. The number of halogens is 3. The van der Waals surface area contributed by atoms with Crippen molar-refractivity contribution in [3.63, 3.8) is 0 Å². The molecule has 2 unspecified atom stereocenters. The first-order valence-corrected chi connectivity index (χ1v) is 6.33. The Morgan fingerprint density at radius 3 is 2.71 bits per heavy atom. The standard InChI is InChI=1S/C12H13F3OS/c13-12(14,15)6-5-9(16)11-7-8-3-1-2-4-10(8)17-11/h1-4,9,11,16H,5-7H2. The number of aliphatic hydroxyl groups is 1. The van der Waals surface area contributed by atoms with E-state index in [2.05, 4.69) is 0 Å². The summed E-state index contributed by atoms with van der Waals surface area (Å²) in [6.07, 6.45) is -5.55. The highest BCUT2D eigenvalue weighted by Gasteiger charge is 2.32. The van der Waals surface area contributed by atoms with Gasteiger partial charge < -0.3 is 5.11 Å². The molecule has 1 aliphatic rings. The van der Waals surface area contributed by atoms with Crippen molar-refractivity contribution in [3.05, 3.63) is 29.8 Å². The summed E-state index contributed by atoms with van der Waals surface area (Å²) < 4.78 is 36.1. The van der Waals surface area contributed by atoms with Crippen molar-refractivity contribution < 1.29 is 18.3 Å². The quantitative estimate of drug-likeness (QED) is 0.900. The second kappa shape index (κ2) is 4.90. The van der Waals surface area contributed by atoms with Crippen LogP contribution in [0.2, 0.25) is 0 Å². The maximum atomic E-state index is 12.0. The van der Waals surface area contributed by atoms with E-state index in [-0.39, 0.29) is 11.7 Å². The Balaban J connectivity index is 1.90. The molecule has 2 atom stereocenters. The number of thioether (sulfide) groups is 1. The summed E-state index contributed by atoms with van der Waals surface area (Å²) in [5, 5.41) is 9.62. The van der Waals surface area contributed by atoms with Crippen LogP contribution in [0.25, 0.3) is 0 Å². The summed E-state index contributed by atoms with van der Waals surface area (Å²) in [6, 6.07) is 7.70. The number of alkyl halides is 3. The van der Waals surface area contributed by atoms with Crippen LogP contribution in [0.5, 0.6) is 0 Å². The molecule has 0 aliphatic carbocycles. The molecule has 1 N–H and O–H groups in total. The van der Waals surface area contributed by atoms with E-state index in [4.69, 9.17) is 0 Å². The predicted molar refractivity (Wildman–Crippen MR) is 61.1 cm³/mol. The van der Waals surface area contributed by atoms with E-state index in [0.29, 0.717) is 6.42 Å². The third-order valence-electron chi connectivity index (χ3n) is 2.82. The van der Waals surface area contributed by atoms with Crippen LogP contribution in [-0.4, -0.2) is 22.6 Å². The van der Waals surface area contributed by atoms with Crippen LogP contribution in [-0.2, 0) is 6.42 Å². The Bertz CT molecular complexity index is 367. The molecule has 0 spiro atoms. The van der Waals surface area contributed by atoms with Crippen molar-refractivity contribution in [2.75, 3.05) is 0 Å². The normalized spacial score (nSPS) is 21.3. The van der Waals surface area contributed by atoms with Crippen LogP contribution < -0.4 is 0 Å². The topological polar surface area (TPSA) is 20.2 Å². The average molecular weight is 262 g/mol. The summed E-state index contributed by atoms with van der Waals surface area (Å²) in [5.41, 5.74) is 1.12. The molecule has 0 bridgehead atoms. The lowest BCUT2D eigenvalue weighted by molar-refractivity contribution is -0.139. The summed E-state index contributed by atoms with van der Waals surface area (Å²) >= 11 is 1.48. The van der Waals surface area contributed by atoms with Crippen LogP contribution in [0.1, 0.15) is 18.4 Å². The van der Waals surface area contributed by atoms with Gasteiger partial charge in [-0.2, -0.15) is 13.2 Å². The van der Waals surface area contributed by atoms with Gasteiger partial charge in [-0.3, -0.25) is 0 Å². The molecule has 0 aromatic heterocycles. The zero-order chi connectivity index (χ0) is 12.5. The summed E-state index contributed by atoms with van der Waals surface area (Å²) in [5.74, 6) is 0. The minimum atomic E-state index is -4.18. The molecule has 1 nitrogen and oxygen atoms in total. The van der Waals surface area contributed by atoms with Crippen molar-refractivity contribution in [2.24, 2.45) is 0 Å². The Morgan fingerprint density at radius 2 is 2.06 bits per heavy atom. The van der Waals surface area contributed by atoms with Crippen molar-refractivity contribution in [3.8, 4) is 0 Å². The van der Waals surface area contributed by atoms with Gasteiger partial charge in [-0.15, -0.1) is 11.8 Å². The van der Waals surface area contributed by atoms with E-state index in [1.807, 2.05) is 24.3 Å². The number of rotatable bonds is 3. The van der Waals surface area contributed by atoms with Gasteiger partial charge in [-0.25, -0.2) is 0 Å².